The first-order valence-corrected chi connectivity index (χ1v) is 10.2. The van der Waals surface area contributed by atoms with E-state index in [1.807, 2.05) is 0 Å². The zero-order chi connectivity index (χ0) is 21.6. The monoisotopic (exact) mass is 418 g/mol. The molecule has 1 aromatic heterocycles. The second kappa shape index (κ2) is 9.38. The highest BCUT2D eigenvalue weighted by Crippen LogP contribution is 2.23. The smallest absolute Gasteiger partial charge is 0.257 e. The molecule has 1 aliphatic rings. The van der Waals surface area contributed by atoms with Crippen molar-refractivity contribution in [1.29, 1.82) is 0 Å². The molecule has 2 amide bonds. The largest absolute Gasteiger partial charge is 0.371 e. The van der Waals surface area contributed by atoms with Gasteiger partial charge in [0.05, 0.1) is 5.56 Å². The van der Waals surface area contributed by atoms with Crippen LogP contribution in [0.25, 0.3) is 0 Å². The highest BCUT2D eigenvalue weighted by Gasteiger charge is 2.23. The van der Waals surface area contributed by atoms with Crippen molar-refractivity contribution in [1.82, 2.24) is 10.3 Å². The van der Waals surface area contributed by atoms with E-state index in [9.17, 15) is 14.0 Å². The summed E-state index contributed by atoms with van der Waals surface area (Å²) in [5.74, 6) is -0.386. The minimum absolute atomic E-state index is 0.183. The molecule has 1 unspecified atom stereocenters. The first kappa shape index (κ1) is 20.5. The molecule has 6 nitrogen and oxygen atoms in total. The highest BCUT2D eigenvalue weighted by molar-refractivity contribution is 6.04. The number of amides is 2. The molecule has 7 heteroatoms. The number of carbonyl (C=O) groups excluding carboxylic acids is 2. The minimum Gasteiger partial charge on any atom is -0.371 e. The summed E-state index contributed by atoms with van der Waals surface area (Å²) in [5.41, 5.74) is 2.47. The van der Waals surface area contributed by atoms with Crippen molar-refractivity contribution in [3.8, 4) is 0 Å². The second-order valence-corrected chi connectivity index (χ2v) is 7.56. The van der Waals surface area contributed by atoms with Crippen molar-refractivity contribution >= 4 is 23.2 Å². The van der Waals surface area contributed by atoms with Crippen molar-refractivity contribution in [3.63, 3.8) is 0 Å². The van der Waals surface area contributed by atoms with Gasteiger partial charge in [0.25, 0.3) is 11.8 Å². The maximum absolute atomic E-state index is 13.1. The van der Waals surface area contributed by atoms with Crippen LogP contribution in [0.4, 0.5) is 15.8 Å². The Balaban J connectivity index is 1.30. The van der Waals surface area contributed by atoms with Crippen LogP contribution in [0.2, 0.25) is 0 Å². The van der Waals surface area contributed by atoms with Crippen LogP contribution in [-0.4, -0.2) is 36.4 Å². The quantitative estimate of drug-likeness (QED) is 0.640. The number of hydrogen-bond donors (Lipinski definition) is 2. The van der Waals surface area contributed by atoms with E-state index in [1.54, 1.807) is 54.7 Å². The molecule has 0 spiro atoms. The molecule has 31 heavy (non-hydrogen) atoms. The van der Waals surface area contributed by atoms with Gasteiger partial charge in [0.1, 0.15) is 5.82 Å². The molecule has 3 aromatic rings. The Labute approximate surface area is 180 Å². The molecule has 2 heterocycles. The summed E-state index contributed by atoms with van der Waals surface area (Å²) in [7, 11) is 0. The molecule has 2 N–H and O–H groups in total. The van der Waals surface area contributed by atoms with E-state index in [2.05, 4.69) is 20.5 Å². The maximum Gasteiger partial charge on any atom is 0.257 e. The summed E-state index contributed by atoms with van der Waals surface area (Å²) >= 11 is 0. The van der Waals surface area contributed by atoms with Crippen LogP contribution >= 0.6 is 0 Å². The first-order valence-electron chi connectivity index (χ1n) is 10.2. The molecular weight excluding hydrogens is 395 g/mol. The van der Waals surface area contributed by atoms with Gasteiger partial charge in [-0.2, -0.15) is 0 Å². The molecule has 1 atom stereocenters. The van der Waals surface area contributed by atoms with Crippen molar-refractivity contribution in [2.75, 3.05) is 29.9 Å². The molecule has 0 aliphatic carbocycles. The average Bonchev–Trinajstić information content (AvgIpc) is 3.28. The van der Waals surface area contributed by atoms with Crippen LogP contribution in [0.1, 0.15) is 27.1 Å². The Hall–Kier alpha value is -3.74. The van der Waals surface area contributed by atoms with Gasteiger partial charge in [0.2, 0.25) is 0 Å². The van der Waals surface area contributed by atoms with Gasteiger partial charge >= 0.3 is 0 Å². The molecular formula is C24H23FN4O2. The first-order chi connectivity index (χ1) is 15.1. The van der Waals surface area contributed by atoms with Crippen LogP contribution in [0.3, 0.4) is 0 Å². The SMILES string of the molecule is O=C(NCC1CCN(c2ccc(F)cc2)C1)c1cccc(NC(=O)c2cccnc2)c1. The zero-order valence-corrected chi connectivity index (χ0v) is 16.9. The molecule has 158 valence electrons. The lowest BCUT2D eigenvalue weighted by Crippen LogP contribution is -2.31. The number of benzene rings is 2. The lowest BCUT2D eigenvalue weighted by molar-refractivity contribution is 0.0947. The predicted octanol–water partition coefficient (Wildman–Crippen LogP) is 3.73. The van der Waals surface area contributed by atoms with Gasteiger partial charge in [0, 0.05) is 49.0 Å². The van der Waals surface area contributed by atoms with E-state index in [0.29, 0.717) is 29.3 Å². The number of aromatic nitrogens is 1. The summed E-state index contributed by atoms with van der Waals surface area (Å²) in [4.78, 5) is 31.0. The lowest BCUT2D eigenvalue weighted by Gasteiger charge is -2.19. The summed E-state index contributed by atoms with van der Waals surface area (Å²) in [6.07, 6.45) is 4.05. The number of hydrogen-bond acceptors (Lipinski definition) is 4. The van der Waals surface area contributed by atoms with Crippen molar-refractivity contribution in [2.24, 2.45) is 5.92 Å². The fourth-order valence-electron chi connectivity index (χ4n) is 3.66. The summed E-state index contributed by atoms with van der Waals surface area (Å²) in [6.45, 7) is 2.25. The van der Waals surface area contributed by atoms with Crippen molar-refractivity contribution in [2.45, 2.75) is 6.42 Å². The van der Waals surface area contributed by atoms with E-state index in [1.165, 1.54) is 18.3 Å². The molecule has 0 saturated carbocycles. The minimum atomic E-state index is -0.280. The molecule has 0 radical (unpaired) electrons. The van der Waals surface area contributed by atoms with Gasteiger partial charge in [-0.05, 0) is 66.9 Å². The number of rotatable bonds is 6. The van der Waals surface area contributed by atoms with Gasteiger partial charge in [-0.1, -0.05) is 6.07 Å². The zero-order valence-electron chi connectivity index (χ0n) is 16.9. The van der Waals surface area contributed by atoms with Gasteiger partial charge in [0.15, 0.2) is 0 Å². The highest BCUT2D eigenvalue weighted by atomic mass is 19.1. The fraction of sp³-hybridized carbons (Fsp3) is 0.208. The third-order valence-electron chi connectivity index (χ3n) is 5.34. The molecule has 1 aliphatic heterocycles. The van der Waals surface area contributed by atoms with Gasteiger partial charge in [-0.3, -0.25) is 14.6 Å². The standard InChI is InChI=1S/C24H23FN4O2/c25-20-6-8-22(9-7-20)29-12-10-17(16-29)14-27-23(30)18-3-1-5-21(13-18)28-24(31)19-4-2-11-26-15-19/h1-9,11,13,15,17H,10,12,14,16H2,(H,27,30)(H,28,31). The topological polar surface area (TPSA) is 74.3 Å². The number of carbonyl (C=O) groups is 2. The number of anilines is 2. The fourth-order valence-corrected chi connectivity index (χ4v) is 3.66. The number of pyridine rings is 1. The summed E-state index contributed by atoms with van der Waals surface area (Å²) in [6, 6.07) is 16.7. The molecule has 0 bridgehead atoms. The number of halogens is 1. The summed E-state index contributed by atoms with van der Waals surface area (Å²) in [5, 5.41) is 5.77. The molecule has 1 saturated heterocycles. The van der Waals surface area contributed by atoms with E-state index < -0.39 is 0 Å². The van der Waals surface area contributed by atoms with Crippen LogP contribution in [-0.2, 0) is 0 Å². The number of nitrogens with one attached hydrogen (secondary N) is 2. The van der Waals surface area contributed by atoms with Crippen LogP contribution in [0.5, 0.6) is 0 Å². The van der Waals surface area contributed by atoms with Gasteiger partial charge < -0.3 is 15.5 Å². The maximum atomic E-state index is 13.1. The van der Waals surface area contributed by atoms with Crippen LogP contribution < -0.4 is 15.5 Å². The Bertz CT molecular complexity index is 1060. The Kier molecular flexibility index (Phi) is 6.21. The Morgan fingerprint density at radius 3 is 2.61 bits per heavy atom. The van der Waals surface area contributed by atoms with Gasteiger partial charge in [-0.25, -0.2) is 4.39 Å². The third-order valence-corrected chi connectivity index (χ3v) is 5.34. The van der Waals surface area contributed by atoms with E-state index in [0.717, 1.165) is 25.2 Å². The normalized spacial score (nSPS) is 15.5. The van der Waals surface area contributed by atoms with Crippen LogP contribution in [0.15, 0.2) is 73.1 Å². The van der Waals surface area contributed by atoms with Crippen molar-refractivity contribution < 1.29 is 14.0 Å². The van der Waals surface area contributed by atoms with E-state index >= 15 is 0 Å². The predicted molar refractivity (Wildman–Crippen MR) is 118 cm³/mol. The van der Waals surface area contributed by atoms with Crippen molar-refractivity contribution in [3.05, 3.63) is 90.0 Å². The van der Waals surface area contributed by atoms with Crippen LogP contribution in [0, 0.1) is 11.7 Å². The summed E-state index contributed by atoms with van der Waals surface area (Å²) < 4.78 is 13.1. The Morgan fingerprint density at radius 1 is 1.03 bits per heavy atom. The Morgan fingerprint density at radius 2 is 1.84 bits per heavy atom. The third kappa shape index (κ3) is 5.25. The second-order valence-electron chi connectivity index (χ2n) is 7.56. The number of nitrogens with zero attached hydrogens (tertiary/aromatic N) is 2. The average molecular weight is 418 g/mol. The van der Waals surface area contributed by atoms with E-state index in [4.69, 9.17) is 0 Å². The van der Waals surface area contributed by atoms with E-state index in [-0.39, 0.29) is 17.6 Å². The molecule has 2 aromatic carbocycles. The molecule has 4 rings (SSSR count). The molecule has 1 fully saturated rings. The lowest BCUT2D eigenvalue weighted by atomic mass is 10.1. The van der Waals surface area contributed by atoms with Gasteiger partial charge in [-0.15, -0.1) is 0 Å².